The van der Waals surface area contributed by atoms with Crippen LogP contribution in [0.15, 0.2) is 36.6 Å². The van der Waals surface area contributed by atoms with Crippen LogP contribution in [-0.4, -0.2) is 5.97 Å². The van der Waals surface area contributed by atoms with E-state index in [4.69, 9.17) is 16.3 Å². The van der Waals surface area contributed by atoms with Crippen LogP contribution in [0.3, 0.4) is 0 Å². The smallest absolute Gasteiger partial charge is 0.343 e. The highest BCUT2D eigenvalue weighted by Crippen LogP contribution is 2.13. The van der Waals surface area contributed by atoms with Gasteiger partial charge in [-0.15, -0.1) is 0 Å². The standard InChI is InChI=1S/C13H15ClO2/c1-3-4-5-10(2)16-13(15)11-6-8-12(14)9-7-11/h6-9H,2-5H2,1H3. The molecule has 0 fully saturated rings. The Kier molecular flexibility index (Phi) is 5.06. The number of halogens is 1. The largest absolute Gasteiger partial charge is 0.428 e. The number of hydrogen-bond acceptors (Lipinski definition) is 2. The van der Waals surface area contributed by atoms with Crippen molar-refractivity contribution in [1.29, 1.82) is 0 Å². The predicted octanol–water partition coefficient (Wildman–Crippen LogP) is 4.20. The summed E-state index contributed by atoms with van der Waals surface area (Å²) >= 11 is 5.72. The van der Waals surface area contributed by atoms with Crippen molar-refractivity contribution >= 4 is 17.6 Å². The van der Waals surface area contributed by atoms with Gasteiger partial charge in [0, 0.05) is 11.4 Å². The van der Waals surface area contributed by atoms with Gasteiger partial charge in [0.25, 0.3) is 0 Å². The highest BCUT2D eigenvalue weighted by atomic mass is 35.5. The summed E-state index contributed by atoms with van der Waals surface area (Å²) in [6, 6.07) is 6.59. The lowest BCUT2D eigenvalue weighted by Crippen LogP contribution is -2.04. The quantitative estimate of drug-likeness (QED) is 0.568. The number of hydrogen-bond donors (Lipinski definition) is 0. The van der Waals surface area contributed by atoms with Crippen molar-refractivity contribution < 1.29 is 9.53 Å². The summed E-state index contributed by atoms with van der Waals surface area (Å²) < 4.78 is 5.10. The molecule has 3 heteroatoms. The van der Waals surface area contributed by atoms with Gasteiger partial charge in [-0.25, -0.2) is 4.79 Å². The molecule has 0 aliphatic heterocycles. The average molecular weight is 239 g/mol. The second-order valence-corrected chi connectivity index (χ2v) is 3.98. The highest BCUT2D eigenvalue weighted by molar-refractivity contribution is 6.30. The SMILES string of the molecule is C=C(CCCC)OC(=O)c1ccc(Cl)cc1. The Morgan fingerprint density at radius 1 is 1.38 bits per heavy atom. The van der Waals surface area contributed by atoms with Crippen LogP contribution in [0.5, 0.6) is 0 Å². The van der Waals surface area contributed by atoms with E-state index in [1.54, 1.807) is 24.3 Å². The lowest BCUT2D eigenvalue weighted by Gasteiger charge is -2.06. The Hall–Kier alpha value is -1.28. The minimum absolute atomic E-state index is 0.377. The minimum atomic E-state index is -0.377. The molecule has 0 saturated carbocycles. The molecule has 0 aliphatic rings. The van der Waals surface area contributed by atoms with Crippen molar-refractivity contribution in [3.8, 4) is 0 Å². The molecular formula is C13H15ClO2. The van der Waals surface area contributed by atoms with Gasteiger partial charge in [0.15, 0.2) is 0 Å². The average Bonchev–Trinajstić information content (AvgIpc) is 2.27. The minimum Gasteiger partial charge on any atom is -0.428 e. The van der Waals surface area contributed by atoms with E-state index in [1.165, 1.54) is 0 Å². The molecule has 16 heavy (non-hydrogen) atoms. The topological polar surface area (TPSA) is 26.3 Å². The Morgan fingerprint density at radius 2 is 2.00 bits per heavy atom. The number of carbonyl (C=O) groups excluding carboxylic acids is 1. The van der Waals surface area contributed by atoms with E-state index in [1.807, 2.05) is 0 Å². The zero-order valence-corrected chi connectivity index (χ0v) is 10.1. The molecule has 0 heterocycles. The van der Waals surface area contributed by atoms with Crippen LogP contribution < -0.4 is 0 Å². The van der Waals surface area contributed by atoms with Gasteiger partial charge in [-0.05, 0) is 30.7 Å². The highest BCUT2D eigenvalue weighted by Gasteiger charge is 2.08. The van der Waals surface area contributed by atoms with E-state index in [2.05, 4.69) is 13.5 Å². The monoisotopic (exact) mass is 238 g/mol. The fraction of sp³-hybridized carbons (Fsp3) is 0.308. The maximum atomic E-state index is 11.6. The molecule has 0 saturated heterocycles. The first kappa shape index (κ1) is 12.8. The van der Waals surface area contributed by atoms with Gasteiger partial charge in [0.2, 0.25) is 0 Å². The molecule has 0 bridgehead atoms. The molecule has 0 aliphatic carbocycles. The number of esters is 1. The molecule has 1 aromatic carbocycles. The fourth-order valence-electron chi connectivity index (χ4n) is 1.20. The molecule has 0 spiro atoms. The van der Waals surface area contributed by atoms with Crippen molar-refractivity contribution in [2.45, 2.75) is 26.2 Å². The van der Waals surface area contributed by atoms with Crippen LogP contribution in [0.25, 0.3) is 0 Å². The number of rotatable bonds is 5. The maximum absolute atomic E-state index is 11.6. The van der Waals surface area contributed by atoms with Gasteiger partial charge in [0.1, 0.15) is 5.76 Å². The number of benzene rings is 1. The Balaban J connectivity index is 2.52. The first-order valence-electron chi connectivity index (χ1n) is 5.29. The molecule has 0 amide bonds. The summed E-state index contributed by atoms with van der Waals surface area (Å²) in [7, 11) is 0. The Labute approximate surface area is 101 Å². The zero-order valence-electron chi connectivity index (χ0n) is 9.33. The number of ether oxygens (including phenoxy) is 1. The van der Waals surface area contributed by atoms with Crippen LogP contribution in [0.2, 0.25) is 5.02 Å². The van der Waals surface area contributed by atoms with Crippen LogP contribution in [0.4, 0.5) is 0 Å². The zero-order chi connectivity index (χ0) is 12.0. The van der Waals surface area contributed by atoms with Gasteiger partial charge >= 0.3 is 5.97 Å². The van der Waals surface area contributed by atoms with E-state index in [-0.39, 0.29) is 5.97 Å². The number of allylic oxidation sites excluding steroid dienone is 1. The van der Waals surface area contributed by atoms with Gasteiger partial charge in [-0.1, -0.05) is 31.5 Å². The summed E-state index contributed by atoms with van der Waals surface area (Å²) in [6.07, 6.45) is 2.75. The van der Waals surface area contributed by atoms with Crippen LogP contribution in [0, 0.1) is 0 Å². The third-order valence-corrected chi connectivity index (χ3v) is 2.38. The van der Waals surface area contributed by atoms with Gasteiger partial charge in [0.05, 0.1) is 5.56 Å². The Morgan fingerprint density at radius 3 is 2.56 bits per heavy atom. The summed E-state index contributed by atoms with van der Waals surface area (Å²) in [5.74, 6) is 0.138. The predicted molar refractivity (Wildman–Crippen MR) is 65.5 cm³/mol. The normalized spacial score (nSPS) is 9.88. The third kappa shape index (κ3) is 4.07. The van der Waals surface area contributed by atoms with E-state index < -0.39 is 0 Å². The van der Waals surface area contributed by atoms with Crippen LogP contribution >= 0.6 is 11.6 Å². The molecule has 86 valence electrons. The molecule has 0 atom stereocenters. The van der Waals surface area contributed by atoms with Crippen molar-refractivity contribution in [3.05, 3.63) is 47.2 Å². The molecule has 0 unspecified atom stereocenters. The molecule has 1 rings (SSSR count). The van der Waals surface area contributed by atoms with Crippen LogP contribution in [-0.2, 0) is 4.74 Å². The van der Waals surface area contributed by atoms with Gasteiger partial charge in [-0.2, -0.15) is 0 Å². The second kappa shape index (κ2) is 6.33. The summed E-state index contributed by atoms with van der Waals surface area (Å²) in [4.78, 5) is 11.6. The van der Waals surface area contributed by atoms with Gasteiger partial charge in [-0.3, -0.25) is 0 Å². The molecule has 1 aromatic rings. The first-order chi connectivity index (χ1) is 7.63. The molecule has 0 N–H and O–H groups in total. The maximum Gasteiger partial charge on any atom is 0.343 e. The van der Waals surface area contributed by atoms with E-state index >= 15 is 0 Å². The fourth-order valence-corrected chi connectivity index (χ4v) is 1.33. The first-order valence-corrected chi connectivity index (χ1v) is 5.66. The van der Waals surface area contributed by atoms with Crippen LogP contribution in [0.1, 0.15) is 36.5 Å². The molecule has 0 aromatic heterocycles. The molecule has 2 nitrogen and oxygen atoms in total. The van der Waals surface area contributed by atoms with Crippen molar-refractivity contribution in [3.63, 3.8) is 0 Å². The molecular weight excluding hydrogens is 224 g/mol. The van der Waals surface area contributed by atoms with E-state index in [0.717, 1.165) is 19.3 Å². The second-order valence-electron chi connectivity index (χ2n) is 3.54. The summed E-state index contributed by atoms with van der Waals surface area (Å²) in [6.45, 7) is 5.78. The number of unbranched alkanes of at least 4 members (excludes halogenated alkanes) is 1. The number of carbonyl (C=O) groups is 1. The van der Waals surface area contributed by atoms with Gasteiger partial charge < -0.3 is 4.74 Å². The van der Waals surface area contributed by atoms with Crippen molar-refractivity contribution in [2.75, 3.05) is 0 Å². The van der Waals surface area contributed by atoms with Crippen molar-refractivity contribution in [1.82, 2.24) is 0 Å². The van der Waals surface area contributed by atoms with Crippen molar-refractivity contribution in [2.24, 2.45) is 0 Å². The lowest BCUT2D eigenvalue weighted by atomic mass is 10.2. The Bertz CT molecular complexity index is 368. The third-order valence-electron chi connectivity index (χ3n) is 2.13. The summed E-state index contributed by atoms with van der Waals surface area (Å²) in [5.41, 5.74) is 0.488. The lowest BCUT2D eigenvalue weighted by molar-refractivity contribution is 0.0615. The summed E-state index contributed by atoms with van der Waals surface area (Å²) in [5, 5.41) is 0.598. The van der Waals surface area contributed by atoms with E-state index in [9.17, 15) is 4.79 Å². The van der Waals surface area contributed by atoms with E-state index in [0.29, 0.717) is 16.3 Å². The molecule has 0 radical (unpaired) electrons.